The lowest BCUT2D eigenvalue weighted by Crippen LogP contribution is -2.04. The van der Waals surface area contributed by atoms with Crippen molar-refractivity contribution in [3.8, 4) is 16.9 Å². The molecular formula is C25H14O6. The van der Waals surface area contributed by atoms with Gasteiger partial charge in [0, 0.05) is 21.9 Å². The van der Waals surface area contributed by atoms with Crippen LogP contribution in [-0.4, -0.2) is 28.8 Å². The lowest BCUT2D eigenvalue weighted by Gasteiger charge is -2.15. The molecular weight excluding hydrogens is 396 g/mol. The van der Waals surface area contributed by atoms with Crippen LogP contribution in [0.15, 0.2) is 65.1 Å². The molecule has 5 rings (SSSR count). The van der Waals surface area contributed by atoms with E-state index in [1.807, 2.05) is 0 Å². The van der Waals surface area contributed by atoms with E-state index in [4.69, 9.17) is 4.42 Å². The van der Waals surface area contributed by atoms with Crippen LogP contribution in [0, 0.1) is 0 Å². The summed E-state index contributed by atoms with van der Waals surface area (Å²) < 4.78 is 5.87. The molecule has 0 amide bonds. The third-order valence-electron chi connectivity index (χ3n) is 5.52. The molecule has 0 saturated heterocycles. The average molecular weight is 410 g/mol. The second-order valence-corrected chi connectivity index (χ2v) is 7.10. The van der Waals surface area contributed by atoms with Gasteiger partial charge in [-0.05, 0) is 16.8 Å². The highest BCUT2D eigenvalue weighted by Gasteiger charge is 2.27. The number of aldehydes is 2. The number of aromatic carboxylic acids is 1. The summed E-state index contributed by atoms with van der Waals surface area (Å²) in [6, 6.07) is 17.1. The van der Waals surface area contributed by atoms with E-state index in [-0.39, 0.29) is 33.4 Å². The van der Waals surface area contributed by atoms with Crippen molar-refractivity contribution in [1.29, 1.82) is 0 Å². The fourth-order valence-corrected chi connectivity index (χ4v) is 4.21. The SMILES string of the molecule is O=Cc1c(-c2ccc3ccccc3c2C(=O)O)c(O)c(C=O)c2c1oc1ccccc12. The van der Waals surface area contributed by atoms with Crippen molar-refractivity contribution >= 4 is 51.3 Å². The molecule has 2 N–H and O–H groups in total. The van der Waals surface area contributed by atoms with Crippen molar-refractivity contribution in [3.63, 3.8) is 0 Å². The summed E-state index contributed by atoms with van der Waals surface area (Å²) in [5.74, 6) is -1.69. The Balaban J connectivity index is 2.01. The Bertz CT molecular complexity index is 1560. The lowest BCUT2D eigenvalue weighted by molar-refractivity contribution is 0.0699. The van der Waals surface area contributed by atoms with Crippen molar-refractivity contribution in [2.24, 2.45) is 0 Å². The Hall–Kier alpha value is -4.45. The van der Waals surface area contributed by atoms with Crippen molar-refractivity contribution in [2.75, 3.05) is 0 Å². The lowest BCUT2D eigenvalue weighted by atomic mass is 9.88. The van der Waals surface area contributed by atoms with E-state index in [2.05, 4.69) is 0 Å². The van der Waals surface area contributed by atoms with Crippen LogP contribution in [0.25, 0.3) is 43.8 Å². The Morgan fingerprint density at radius 3 is 2.23 bits per heavy atom. The number of phenolic OH excluding ortho intramolecular Hbond substituents is 1. The molecule has 0 atom stereocenters. The smallest absolute Gasteiger partial charge is 0.336 e. The monoisotopic (exact) mass is 410 g/mol. The van der Waals surface area contributed by atoms with Crippen molar-refractivity contribution in [3.05, 3.63) is 77.4 Å². The summed E-state index contributed by atoms with van der Waals surface area (Å²) in [5.41, 5.74) is 0.469. The van der Waals surface area contributed by atoms with Gasteiger partial charge in [-0.15, -0.1) is 0 Å². The fourth-order valence-electron chi connectivity index (χ4n) is 4.21. The van der Waals surface area contributed by atoms with Crippen LogP contribution in [0.2, 0.25) is 0 Å². The molecule has 1 aromatic heterocycles. The molecule has 0 unspecified atom stereocenters. The highest BCUT2D eigenvalue weighted by atomic mass is 16.4. The van der Waals surface area contributed by atoms with Gasteiger partial charge in [-0.3, -0.25) is 9.59 Å². The van der Waals surface area contributed by atoms with Crippen LogP contribution >= 0.6 is 0 Å². The van der Waals surface area contributed by atoms with Gasteiger partial charge in [-0.25, -0.2) is 4.79 Å². The topological polar surface area (TPSA) is 105 Å². The summed E-state index contributed by atoms with van der Waals surface area (Å²) in [7, 11) is 0. The zero-order chi connectivity index (χ0) is 21.7. The van der Waals surface area contributed by atoms with Crippen LogP contribution in [0.1, 0.15) is 31.1 Å². The third-order valence-corrected chi connectivity index (χ3v) is 5.52. The van der Waals surface area contributed by atoms with Crippen LogP contribution in [0.4, 0.5) is 0 Å². The van der Waals surface area contributed by atoms with Gasteiger partial charge in [0.2, 0.25) is 0 Å². The number of hydrogen-bond donors (Lipinski definition) is 2. The predicted octanol–water partition coefficient (Wildman–Crippen LogP) is 5.44. The maximum absolute atomic E-state index is 12.2. The highest BCUT2D eigenvalue weighted by Crippen LogP contribution is 2.45. The largest absolute Gasteiger partial charge is 0.506 e. The Morgan fingerprint density at radius 2 is 1.52 bits per heavy atom. The molecule has 0 radical (unpaired) electrons. The van der Waals surface area contributed by atoms with Crippen molar-refractivity contribution in [2.45, 2.75) is 0 Å². The number of hydrogen-bond acceptors (Lipinski definition) is 5. The summed E-state index contributed by atoms with van der Waals surface area (Å²) in [4.78, 5) is 36.4. The molecule has 0 saturated carbocycles. The second kappa shape index (κ2) is 6.81. The van der Waals surface area contributed by atoms with Gasteiger partial charge in [-0.1, -0.05) is 54.6 Å². The van der Waals surface area contributed by atoms with E-state index in [1.165, 1.54) is 6.07 Å². The summed E-state index contributed by atoms with van der Waals surface area (Å²) in [5, 5.41) is 23.1. The minimum absolute atomic E-state index is 0.0212. The molecule has 0 aliphatic rings. The highest BCUT2D eigenvalue weighted by molar-refractivity contribution is 6.22. The predicted molar refractivity (Wildman–Crippen MR) is 116 cm³/mol. The van der Waals surface area contributed by atoms with E-state index in [0.717, 1.165) is 0 Å². The molecule has 0 aliphatic heterocycles. The number of furan rings is 1. The Labute approximate surface area is 174 Å². The first-order chi connectivity index (χ1) is 15.1. The quantitative estimate of drug-likeness (QED) is 0.383. The van der Waals surface area contributed by atoms with Crippen LogP contribution < -0.4 is 0 Å². The number of carbonyl (C=O) groups excluding carboxylic acids is 2. The number of benzene rings is 4. The van der Waals surface area contributed by atoms with Crippen LogP contribution in [0.5, 0.6) is 5.75 Å². The molecule has 0 spiro atoms. The molecule has 5 aromatic rings. The zero-order valence-electron chi connectivity index (χ0n) is 16.0. The second-order valence-electron chi connectivity index (χ2n) is 7.10. The number of fused-ring (bicyclic) bond motifs is 4. The summed E-state index contributed by atoms with van der Waals surface area (Å²) in [6.07, 6.45) is 0.994. The van der Waals surface area contributed by atoms with Crippen LogP contribution in [-0.2, 0) is 0 Å². The number of aromatic hydroxyl groups is 1. The van der Waals surface area contributed by atoms with Crippen molar-refractivity contribution in [1.82, 2.24) is 0 Å². The summed E-state index contributed by atoms with van der Waals surface area (Å²) >= 11 is 0. The van der Waals surface area contributed by atoms with Gasteiger partial charge in [-0.2, -0.15) is 0 Å². The Kier molecular flexibility index (Phi) is 4.08. The maximum atomic E-state index is 12.2. The standard InChI is InChI=1S/C25H14O6/c26-11-17-21-15-7-3-4-8-19(15)31-24(21)18(12-27)20(23(17)28)16-10-9-13-5-1-2-6-14(13)22(16)25(29)30/h1-12,28H,(H,29,30). The number of rotatable bonds is 4. The zero-order valence-corrected chi connectivity index (χ0v) is 16.0. The molecule has 6 nitrogen and oxygen atoms in total. The summed E-state index contributed by atoms with van der Waals surface area (Å²) in [6.45, 7) is 0. The Morgan fingerprint density at radius 1 is 0.839 bits per heavy atom. The van der Waals surface area contributed by atoms with Crippen molar-refractivity contribution < 1.29 is 29.0 Å². The molecule has 0 fully saturated rings. The molecule has 31 heavy (non-hydrogen) atoms. The fraction of sp³-hybridized carbons (Fsp3) is 0. The molecule has 6 heteroatoms. The normalized spacial score (nSPS) is 11.2. The van der Waals surface area contributed by atoms with Gasteiger partial charge >= 0.3 is 5.97 Å². The molecule has 1 heterocycles. The molecule has 4 aromatic carbocycles. The van der Waals surface area contributed by atoms with E-state index < -0.39 is 11.7 Å². The van der Waals surface area contributed by atoms with Gasteiger partial charge in [0.25, 0.3) is 0 Å². The van der Waals surface area contributed by atoms with Crippen LogP contribution in [0.3, 0.4) is 0 Å². The van der Waals surface area contributed by atoms with Gasteiger partial charge in [0.15, 0.2) is 12.6 Å². The van der Waals surface area contributed by atoms with Gasteiger partial charge < -0.3 is 14.6 Å². The van der Waals surface area contributed by atoms with E-state index in [9.17, 15) is 24.6 Å². The number of carbonyl (C=O) groups is 3. The molecule has 0 aliphatic carbocycles. The van der Waals surface area contributed by atoms with E-state index in [1.54, 1.807) is 54.6 Å². The number of phenols is 1. The van der Waals surface area contributed by atoms with E-state index >= 15 is 0 Å². The first-order valence-corrected chi connectivity index (χ1v) is 9.42. The number of carboxylic acids is 1. The molecule has 0 bridgehead atoms. The first kappa shape index (κ1) is 18.6. The minimum atomic E-state index is -1.22. The number of para-hydroxylation sites is 1. The van der Waals surface area contributed by atoms with Gasteiger partial charge in [0.1, 0.15) is 16.9 Å². The number of carboxylic acid groups (broad SMARTS) is 1. The third kappa shape index (κ3) is 2.55. The molecule has 150 valence electrons. The van der Waals surface area contributed by atoms with E-state index in [0.29, 0.717) is 39.7 Å². The first-order valence-electron chi connectivity index (χ1n) is 9.42. The van der Waals surface area contributed by atoms with Gasteiger partial charge in [0.05, 0.1) is 16.7 Å². The average Bonchev–Trinajstić information content (AvgIpc) is 3.16. The maximum Gasteiger partial charge on any atom is 0.336 e. The minimum Gasteiger partial charge on any atom is -0.506 e.